The minimum absolute atomic E-state index is 0.290. The lowest BCUT2D eigenvalue weighted by atomic mass is 10.2. The summed E-state index contributed by atoms with van der Waals surface area (Å²) in [5.74, 6) is 2.48. The Hall–Kier alpha value is -2.32. The molecule has 0 N–H and O–H groups in total. The molecule has 0 atom stereocenters. The molecule has 2 aromatic heterocycles. The molecule has 0 saturated carbocycles. The Bertz CT molecular complexity index is 828. The van der Waals surface area contributed by atoms with Crippen molar-refractivity contribution >= 4 is 22.6 Å². The lowest BCUT2D eigenvalue weighted by molar-refractivity contribution is 0.446. The fourth-order valence-electron chi connectivity index (χ4n) is 2.24. The van der Waals surface area contributed by atoms with Crippen LogP contribution in [0.4, 0.5) is 0 Å². The molecule has 0 saturated heterocycles. The van der Waals surface area contributed by atoms with Crippen LogP contribution in [0.25, 0.3) is 11.0 Å². The number of nitriles is 1. The van der Waals surface area contributed by atoms with Crippen molar-refractivity contribution in [3.8, 4) is 6.07 Å². The van der Waals surface area contributed by atoms with Gasteiger partial charge in [0.2, 0.25) is 5.89 Å². The van der Waals surface area contributed by atoms with Crippen LogP contribution in [0.3, 0.4) is 0 Å². The van der Waals surface area contributed by atoms with E-state index in [0.717, 1.165) is 29.0 Å². The second-order valence-electron chi connectivity index (χ2n) is 4.64. The van der Waals surface area contributed by atoms with Gasteiger partial charge in [-0.05, 0) is 18.2 Å². The Labute approximate surface area is 126 Å². The number of halogens is 1. The third-order valence-electron chi connectivity index (χ3n) is 3.32. The van der Waals surface area contributed by atoms with Crippen LogP contribution < -0.4 is 0 Å². The first-order valence-corrected chi connectivity index (χ1v) is 7.17. The van der Waals surface area contributed by atoms with Crippen LogP contribution >= 0.6 is 11.6 Å². The number of oxazole rings is 1. The van der Waals surface area contributed by atoms with Crippen molar-refractivity contribution < 1.29 is 4.42 Å². The number of aryl methyl sites for hydroxylation is 1. The lowest BCUT2D eigenvalue weighted by Crippen LogP contribution is -2.04. The van der Waals surface area contributed by atoms with Crippen molar-refractivity contribution in [2.45, 2.75) is 25.8 Å². The van der Waals surface area contributed by atoms with Crippen molar-refractivity contribution in [1.82, 2.24) is 14.5 Å². The van der Waals surface area contributed by atoms with Crippen LogP contribution in [0, 0.1) is 11.3 Å². The molecule has 0 aliphatic carbocycles. The maximum absolute atomic E-state index is 9.04. The van der Waals surface area contributed by atoms with E-state index in [1.165, 1.54) is 0 Å². The second-order valence-corrected chi connectivity index (χ2v) is 4.90. The molecule has 0 aliphatic rings. The minimum Gasteiger partial charge on any atom is -0.444 e. The average Bonchev–Trinajstić information content (AvgIpc) is 3.11. The normalized spacial score (nSPS) is 10.9. The van der Waals surface area contributed by atoms with Gasteiger partial charge in [0.1, 0.15) is 18.1 Å². The van der Waals surface area contributed by atoms with E-state index in [1.54, 1.807) is 12.3 Å². The monoisotopic (exact) mass is 300 g/mol. The highest BCUT2D eigenvalue weighted by molar-refractivity contribution is 6.16. The highest BCUT2D eigenvalue weighted by Crippen LogP contribution is 2.20. The molecule has 0 spiro atoms. The van der Waals surface area contributed by atoms with Crippen molar-refractivity contribution in [1.29, 1.82) is 5.26 Å². The Balaban J connectivity index is 2.08. The van der Waals surface area contributed by atoms with Gasteiger partial charge in [0.25, 0.3) is 0 Å². The predicted octanol–water partition coefficient (Wildman–Crippen LogP) is 3.25. The van der Waals surface area contributed by atoms with Crippen molar-refractivity contribution in [3.05, 3.63) is 47.4 Å². The number of aromatic nitrogens is 3. The SMILES string of the molecule is CCc1cnc(Cn2c(CCl)nc3ccc(C#N)cc32)o1. The van der Waals surface area contributed by atoms with Gasteiger partial charge in [-0.2, -0.15) is 5.26 Å². The maximum Gasteiger partial charge on any atom is 0.214 e. The van der Waals surface area contributed by atoms with E-state index in [0.29, 0.717) is 18.0 Å². The number of hydrogen-bond acceptors (Lipinski definition) is 4. The second kappa shape index (κ2) is 5.58. The Kier molecular flexibility index (Phi) is 3.63. The van der Waals surface area contributed by atoms with E-state index in [1.807, 2.05) is 23.6 Å². The van der Waals surface area contributed by atoms with E-state index >= 15 is 0 Å². The molecule has 6 heteroatoms. The summed E-state index contributed by atoms with van der Waals surface area (Å²) in [6.07, 6.45) is 2.54. The van der Waals surface area contributed by atoms with Crippen LogP contribution in [0.5, 0.6) is 0 Å². The first kappa shape index (κ1) is 13.7. The molecule has 0 fully saturated rings. The van der Waals surface area contributed by atoms with E-state index < -0.39 is 0 Å². The third-order valence-corrected chi connectivity index (χ3v) is 3.56. The van der Waals surface area contributed by atoms with Crippen LogP contribution in [0.1, 0.15) is 30.0 Å². The molecule has 0 radical (unpaired) electrons. The minimum atomic E-state index is 0.290. The molecule has 2 heterocycles. The van der Waals surface area contributed by atoms with E-state index in [4.69, 9.17) is 21.3 Å². The van der Waals surface area contributed by atoms with Gasteiger partial charge >= 0.3 is 0 Å². The number of alkyl halides is 1. The quantitative estimate of drug-likeness (QED) is 0.694. The van der Waals surface area contributed by atoms with E-state index in [2.05, 4.69) is 16.0 Å². The van der Waals surface area contributed by atoms with Crippen molar-refractivity contribution in [2.24, 2.45) is 0 Å². The molecule has 0 unspecified atom stereocenters. The lowest BCUT2D eigenvalue weighted by Gasteiger charge is -2.04. The van der Waals surface area contributed by atoms with Gasteiger partial charge in [-0.25, -0.2) is 9.97 Å². The summed E-state index contributed by atoms with van der Waals surface area (Å²) >= 11 is 5.98. The molecule has 0 amide bonds. The van der Waals surface area contributed by atoms with Crippen LogP contribution in [-0.4, -0.2) is 14.5 Å². The highest BCUT2D eigenvalue weighted by atomic mass is 35.5. The summed E-state index contributed by atoms with van der Waals surface area (Å²) in [5.41, 5.74) is 2.26. The molecule has 5 nitrogen and oxygen atoms in total. The number of hydrogen-bond donors (Lipinski definition) is 0. The van der Waals surface area contributed by atoms with Crippen molar-refractivity contribution in [2.75, 3.05) is 0 Å². The summed E-state index contributed by atoms with van der Waals surface area (Å²) in [7, 11) is 0. The van der Waals surface area contributed by atoms with Gasteiger partial charge in [0.05, 0.1) is 34.7 Å². The van der Waals surface area contributed by atoms with Gasteiger partial charge in [-0.15, -0.1) is 11.6 Å². The van der Waals surface area contributed by atoms with Crippen LogP contribution in [-0.2, 0) is 18.8 Å². The molecule has 1 aromatic carbocycles. The highest BCUT2D eigenvalue weighted by Gasteiger charge is 2.13. The number of benzene rings is 1. The summed E-state index contributed by atoms with van der Waals surface area (Å²) in [4.78, 5) is 8.75. The third kappa shape index (κ3) is 2.50. The van der Waals surface area contributed by atoms with Gasteiger partial charge in [0, 0.05) is 6.42 Å². The summed E-state index contributed by atoms with van der Waals surface area (Å²) in [5, 5.41) is 9.04. The van der Waals surface area contributed by atoms with Gasteiger partial charge in [-0.3, -0.25) is 0 Å². The molecule has 3 aromatic rings. The molecular formula is C15H13ClN4O. The summed E-state index contributed by atoms with van der Waals surface area (Å²) in [6.45, 7) is 2.47. The molecule has 0 bridgehead atoms. The Morgan fingerprint density at radius 2 is 2.29 bits per heavy atom. The molecular weight excluding hydrogens is 288 g/mol. The van der Waals surface area contributed by atoms with E-state index in [9.17, 15) is 0 Å². The number of rotatable bonds is 4. The summed E-state index contributed by atoms with van der Waals surface area (Å²) < 4.78 is 7.58. The molecule has 3 rings (SSSR count). The zero-order chi connectivity index (χ0) is 14.8. The predicted molar refractivity (Wildman–Crippen MR) is 79.0 cm³/mol. The van der Waals surface area contributed by atoms with Crippen molar-refractivity contribution in [3.63, 3.8) is 0 Å². The topological polar surface area (TPSA) is 67.6 Å². The van der Waals surface area contributed by atoms with Gasteiger partial charge < -0.3 is 8.98 Å². The maximum atomic E-state index is 9.04. The Morgan fingerprint density at radius 1 is 1.43 bits per heavy atom. The van der Waals surface area contributed by atoms with Gasteiger partial charge in [-0.1, -0.05) is 6.92 Å². The van der Waals surface area contributed by atoms with Crippen LogP contribution in [0.15, 0.2) is 28.8 Å². The molecule has 21 heavy (non-hydrogen) atoms. The number of imidazole rings is 1. The largest absolute Gasteiger partial charge is 0.444 e. The first-order valence-electron chi connectivity index (χ1n) is 6.64. The zero-order valence-corrected chi connectivity index (χ0v) is 12.3. The number of nitrogens with zero attached hydrogens (tertiary/aromatic N) is 4. The van der Waals surface area contributed by atoms with Crippen LogP contribution in [0.2, 0.25) is 0 Å². The van der Waals surface area contributed by atoms with Gasteiger partial charge in [0.15, 0.2) is 0 Å². The Morgan fingerprint density at radius 3 is 2.95 bits per heavy atom. The standard InChI is InChI=1S/C15H13ClN4O/c1-2-11-8-18-15(21-11)9-20-13-5-10(7-17)3-4-12(13)19-14(20)6-16/h3-5,8H,2,6,9H2,1H3. The first-order chi connectivity index (χ1) is 10.2. The molecule has 106 valence electrons. The average molecular weight is 301 g/mol. The smallest absolute Gasteiger partial charge is 0.214 e. The zero-order valence-electron chi connectivity index (χ0n) is 11.5. The fourth-order valence-corrected chi connectivity index (χ4v) is 2.44. The van der Waals surface area contributed by atoms with E-state index in [-0.39, 0.29) is 5.88 Å². The number of fused-ring (bicyclic) bond motifs is 1. The molecule has 0 aliphatic heterocycles. The summed E-state index contributed by atoms with van der Waals surface area (Å²) in [6, 6.07) is 7.52. The fraction of sp³-hybridized carbons (Fsp3) is 0.267.